The number of nitrogens with one attached hydrogen (secondary N) is 1. The van der Waals surface area contributed by atoms with Crippen LogP contribution in [0.5, 0.6) is 35.3 Å². The normalized spacial score (nSPS) is 14.9. The second-order valence-corrected chi connectivity index (χ2v) is 18.7. The van der Waals surface area contributed by atoms with Crippen LogP contribution in [0.2, 0.25) is 0 Å². The van der Waals surface area contributed by atoms with E-state index in [1.165, 1.54) is 4.57 Å². The third kappa shape index (κ3) is 16.3. The molecule has 3 aliphatic heterocycles. The van der Waals surface area contributed by atoms with Gasteiger partial charge in [-0.3, -0.25) is 34.6 Å². The molecular formula is C55H69N15O15. The monoisotopic (exact) mass is 1180 g/mol. The predicted octanol–water partition coefficient (Wildman–Crippen LogP) is 8.35. The first-order valence-electron chi connectivity index (χ1n) is 27.2. The molecular weight excluding hydrogens is 1110 g/mol. The maximum Gasteiger partial charge on any atom is 0.415 e. The van der Waals surface area contributed by atoms with Crippen molar-refractivity contribution < 1.29 is 61.6 Å². The summed E-state index contributed by atoms with van der Waals surface area (Å²) in [4.78, 5) is 88.8. The lowest BCUT2D eigenvalue weighted by Gasteiger charge is -2.21. The van der Waals surface area contributed by atoms with Gasteiger partial charge in [-0.2, -0.15) is 29.9 Å². The summed E-state index contributed by atoms with van der Waals surface area (Å²) in [5.41, 5.74) is 19.2. The highest BCUT2D eigenvalue weighted by Crippen LogP contribution is 2.36. The molecule has 0 fully saturated rings. The molecule has 0 saturated heterocycles. The number of imidazole rings is 1. The number of hydrogen-bond donors (Lipinski definition) is 4. The van der Waals surface area contributed by atoms with Gasteiger partial charge in [-0.05, 0) is 112 Å². The van der Waals surface area contributed by atoms with Crippen molar-refractivity contribution in [2.24, 2.45) is 0 Å². The van der Waals surface area contributed by atoms with Crippen LogP contribution >= 0.6 is 0 Å². The van der Waals surface area contributed by atoms with E-state index in [-0.39, 0.29) is 78.4 Å². The molecule has 30 heteroatoms. The lowest BCUT2D eigenvalue weighted by molar-refractivity contribution is -0.383. The Morgan fingerprint density at radius 2 is 1.01 bits per heavy atom. The lowest BCUT2D eigenvalue weighted by Crippen LogP contribution is -2.33. The molecule has 0 saturated carbocycles. The maximum absolute atomic E-state index is 12.7. The number of nitro groups is 2. The molecule has 10 rings (SSSR count). The topological polar surface area (TPSA) is 394 Å². The number of carbonyl (C=O) groups is 2. The van der Waals surface area contributed by atoms with Gasteiger partial charge in [-0.25, -0.2) is 14.4 Å². The molecule has 0 aliphatic carbocycles. The van der Waals surface area contributed by atoms with Crippen LogP contribution in [-0.4, -0.2) is 114 Å². The Labute approximate surface area is 489 Å². The molecule has 12 bridgehead atoms. The average molecular weight is 1180 g/mol. The van der Waals surface area contributed by atoms with Crippen LogP contribution in [0.3, 0.4) is 0 Å². The van der Waals surface area contributed by atoms with Crippen LogP contribution in [0.1, 0.15) is 79.8 Å². The van der Waals surface area contributed by atoms with Crippen molar-refractivity contribution in [1.82, 2.24) is 39.5 Å². The Morgan fingerprint density at radius 1 is 0.576 bits per heavy atom. The number of aromatic nitrogens is 8. The molecule has 0 radical (unpaired) electrons. The van der Waals surface area contributed by atoms with Gasteiger partial charge >= 0.3 is 47.3 Å². The van der Waals surface area contributed by atoms with Gasteiger partial charge in [0.05, 0.1) is 75.7 Å². The van der Waals surface area contributed by atoms with Crippen molar-refractivity contribution in [2.75, 3.05) is 79.9 Å². The minimum atomic E-state index is -0.818. The second kappa shape index (κ2) is 29.4. The molecule has 0 atom stereocenters. The summed E-state index contributed by atoms with van der Waals surface area (Å²) in [6, 6.07) is 21.7. The molecule has 0 unspecified atom stereocenters. The smallest absolute Gasteiger partial charge is 0.415 e. The van der Waals surface area contributed by atoms with Crippen LogP contribution in [-0.2, 0) is 29.1 Å². The quantitative estimate of drug-likeness (QED) is 0.0730. The summed E-state index contributed by atoms with van der Waals surface area (Å²) in [7, 11) is 0. The van der Waals surface area contributed by atoms with Crippen molar-refractivity contribution in [2.45, 2.75) is 78.4 Å². The van der Waals surface area contributed by atoms with Gasteiger partial charge in [0, 0.05) is 4.28 Å². The number of nitrogens with zero attached hydrogens (tertiary/aromatic N) is 11. The second-order valence-electron chi connectivity index (χ2n) is 18.7. The number of nitrogen functional groups attached to an aromatic ring is 3. The first kappa shape index (κ1) is 60.5. The minimum Gasteiger partial charge on any atom is -0.494 e. The average Bonchev–Trinajstić information content (AvgIpc) is 1.65. The molecule has 3 aromatic carbocycles. The van der Waals surface area contributed by atoms with Crippen molar-refractivity contribution in [3.8, 4) is 35.3 Å². The van der Waals surface area contributed by atoms with Crippen molar-refractivity contribution in [3.63, 3.8) is 0 Å². The van der Waals surface area contributed by atoms with Gasteiger partial charge in [0.15, 0.2) is 11.5 Å². The molecule has 454 valence electrons. The number of H-pyrrole nitrogens is 1. The summed E-state index contributed by atoms with van der Waals surface area (Å²) < 4.78 is 45.6. The number of benzene rings is 3. The zero-order valence-electron chi connectivity index (χ0n) is 46.6. The number of amides is 2. The number of anilines is 5. The number of hydrogen-bond acceptors (Lipinski definition) is 24. The summed E-state index contributed by atoms with van der Waals surface area (Å²) in [5, 5.41) is 23.3. The van der Waals surface area contributed by atoms with Gasteiger partial charge < -0.3 is 60.1 Å². The number of aromatic amines is 1. The number of rotatable bonds is 4. The van der Waals surface area contributed by atoms with E-state index in [2.05, 4.69) is 34.9 Å². The van der Waals surface area contributed by atoms with E-state index in [9.17, 15) is 34.6 Å². The number of carbonyl (C=O) groups excluding carboxylic acids is 2. The summed E-state index contributed by atoms with van der Waals surface area (Å²) >= 11 is 0. The van der Waals surface area contributed by atoms with E-state index in [0.29, 0.717) is 86.2 Å². The predicted molar refractivity (Wildman–Crippen MR) is 314 cm³/mol. The molecule has 85 heavy (non-hydrogen) atoms. The SMILES string of the molecule is CCOC(=O)N1Cc2cccc(c2)OC/C=C/CCOc2nc(N)c([N+](=O)[O-])c1n2.CCOC(=O)N1Cc2cccc(c2)OCCCCCOc2nc(N)c([N+](=O)[O-])c1n2.Nc1nc2nc3c1[nH]c(=O)n3Cc1cccc(c1)OCCCCCO2.[HH].[HH].[HH]. The maximum atomic E-state index is 12.7. The molecule has 4 aromatic heterocycles. The van der Waals surface area contributed by atoms with Crippen molar-refractivity contribution >= 4 is 63.8 Å². The van der Waals surface area contributed by atoms with Gasteiger partial charge in [0.1, 0.15) is 29.4 Å². The fourth-order valence-corrected chi connectivity index (χ4v) is 8.60. The number of nitrogens with two attached hydrogens (primary N) is 3. The molecule has 7 heterocycles. The van der Waals surface area contributed by atoms with E-state index in [1.54, 1.807) is 56.3 Å². The van der Waals surface area contributed by atoms with Crippen molar-refractivity contribution in [1.29, 1.82) is 0 Å². The Balaban J connectivity index is 0.000000237. The van der Waals surface area contributed by atoms with Gasteiger partial charge in [-0.1, -0.05) is 48.6 Å². The third-order valence-electron chi connectivity index (χ3n) is 12.6. The molecule has 3 aliphatic rings. The highest BCUT2D eigenvalue weighted by atomic mass is 16.6. The fourth-order valence-electron chi connectivity index (χ4n) is 8.60. The zero-order chi connectivity index (χ0) is 60.2. The number of fused-ring (bicyclic) bond motifs is 11. The minimum absolute atomic E-state index is 0. The molecule has 0 spiro atoms. The summed E-state index contributed by atoms with van der Waals surface area (Å²) in [6.45, 7) is 6.19. The first-order valence-corrected chi connectivity index (χ1v) is 27.2. The van der Waals surface area contributed by atoms with Crippen LogP contribution in [0.15, 0.2) is 89.7 Å². The van der Waals surface area contributed by atoms with E-state index in [1.807, 2.05) is 42.5 Å². The fraction of sp³-hybridized carbons (Fsp3) is 0.364. The largest absolute Gasteiger partial charge is 0.494 e. The van der Waals surface area contributed by atoms with Gasteiger partial charge in [-0.15, -0.1) is 0 Å². The zero-order valence-corrected chi connectivity index (χ0v) is 46.6. The van der Waals surface area contributed by atoms with Crippen LogP contribution < -0.4 is 61.1 Å². The Morgan fingerprint density at radius 3 is 1.49 bits per heavy atom. The van der Waals surface area contributed by atoms with Gasteiger partial charge in [0.2, 0.25) is 23.3 Å². The Kier molecular flexibility index (Phi) is 21.0. The van der Waals surface area contributed by atoms with E-state index in [4.69, 9.17) is 55.1 Å². The van der Waals surface area contributed by atoms with E-state index < -0.39 is 45.0 Å². The standard InChI is InChI=1S/C19H23N5O6.C19H21N5O6.C17H19N5O3.3H2/c2*1-2-28-19(25)23-12-13-7-6-8-14(11-13)29-9-4-3-5-10-30-18-21-16(20)15(24(26)27)17(23)22-18;18-14-13-15-21-16(20-14)25-8-3-1-2-7-24-12-6-4-5-11(9-12)10-22(15)17(23)19-13;;;/h6-8,11H,2-5,9-10,12H2,1H3,(H2,20,21,22);3-4,6-8,11H,2,5,9-10,12H2,1H3,(H2,20,21,22);4-6,9H,1-3,7-8,10H2,(H,19,23)(H2,18,20,21);3*1H/b;4-3+;;;;. The highest BCUT2D eigenvalue weighted by Gasteiger charge is 2.34. The Bertz CT molecular complexity index is 3580. The van der Waals surface area contributed by atoms with Crippen LogP contribution in [0, 0.1) is 20.2 Å². The molecule has 2 amide bonds. The highest BCUT2D eigenvalue weighted by molar-refractivity contribution is 5.92. The molecule has 7 N–H and O–H groups in total. The first-order chi connectivity index (χ1) is 41.2. The summed E-state index contributed by atoms with van der Waals surface area (Å²) in [6.07, 6.45) is 7.79. The van der Waals surface area contributed by atoms with Crippen LogP contribution in [0.4, 0.5) is 50.1 Å². The van der Waals surface area contributed by atoms with Gasteiger partial charge in [0.25, 0.3) is 0 Å². The van der Waals surface area contributed by atoms with Crippen LogP contribution in [0.25, 0.3) is 11.2 Å². The molecule has 7 aromatic rings. The number of ether oxygens (including phenoxy) is 8. The van der Waals surface area contributed by atoms with E-state index in [0.717, 1.165) is 53.2 Å². The molecule has 30 nitrogen and oxygen atoms in total. The lowest BCUT2D eigenvalue weighted by atomic mass is 10.2. The van der Waals surface area contributed by atoms with Crippen molar-refractivity contribution in [3.05, 3.63) is 132 Å². The third-order valence-corrected chi connectivity index (χ3v) is 12.6. The van der Waals surface area contributed by atoms with E-state index >= 15 is 0 Å². The Hall–Kier alpha value is -10.6. The summed E-state index contributed by atoms with van der Waals surface area (Å²) in [5.74, 6) is 0.828.